The van der Waals surface area contributed by atoms with Gasteiger partial charge in [0.1, 0.15) is 0 Å². The minimum absolute atomic E-state index is 0.140. The largest absolute Gasteiger partial charge is 0.417 e. The number of primary amides is 1. The molecule has 2 N–H and O–H groups in total. The van der Waals surface area contributed by atoms with Crippen molar-refractivity contribution in [1.29, 1.82) is 0 Å². The summed E-state index contributed by atoms with van der Waals surface area (Å²) in [5.74, 6) is -0.764. The molecule has 0 saturated carbocycles. The molecule has 0 atom stereocenters. The maximum absolute atomic E-state index is 13.2. The second-order valence-corrected chi connectivity index (χ2v) is 6.95. The monoisotopic (exact) mass is 372 g/mol. The van der Waals surface area contributed by atoms with Crippen molar-refractivity contribution in [3.05, 3.63) is 60.2 Å². The van der Waals surface area contributed by atoms with Gasteiger partial charge in [-0.1, -0.05) is 30.3 Å². The van der Waals surface area contributed by atoms with Gasteiger partial charge in [0.25, 0.3) is 10.0 Å². The molecule has 0 heterocycles. The van der Waals surface area contributed by atoms with Crippen LogP contribution < -0.4 is 10.0 Å². The van der Waals surface area contributed by atoms with Crippen molar-refractivity contribution in [2.24, 2.45) is 5.73 Å². The van der Waals surface area contributed by atoms with Gasteiger partial charge in [0.15, 0.2) is 0 Å². The quantitative estimate of drug-likeness (QED) is 0.847. The summed E-state index contributed by atoms with van der Waals surface area (Å²) < 4.78 is 66.1. The first-order valence-electron chi connectivity index (χ1n) is 7.16. The van der Waals surface area contributed by atoms with Gasteiger partial charge in [-0.05, 0) is 24.3 Å². The molecule has 5 nitrogen and oxygen atoms in total. The third-order valence-electron chi connectivity index (χ3n) is 3.37. The molecule has 0 bridgehead atoms. The van der Waals surface area contributed by atoms with Crippen LogP contribution >= 0.6 is 0 Å². The Hall–Kier alpha value is -2.55. The molecule has 9 heteroatoms. The van der Waals surface area contributed by atoms with E-state index in [4.69, 9.17) is 5.73 Å². The molecular weight excluding hydrogens is 357 g/mol. The van der Waals surface area contributed by atoms with Crippen LogP contribution in [0.5, 0.6) is 0 Å². The van der Waals surface area contributed by atoms with Gasteiger partial charge in [-0.2, -0.15) is 13.2 Å². The third-order valence-corrected chi connectivity index (χ3v) is 5.25. The van der Waals surface area contributed by atoms with Crippen LogP contribution in [0.4, 0.5) is 18.9 Å². The number of rotatable bonds is 6. The summed E-state index contributed by atoms with van der Waals surface area (Å²) in [4.78, 5) is 10.2. The van der Waals surface area contributed by atoms with E-state index in [1.54, 1.807) is 6.07 Å². The van der Waals surface area contributed by atoms with E-state index in [-0.39, 0.29) is 18.7 Å². The minimum Gasteiger partial charge on any atom is -0.370 e. The zero-order valence-corrected chi connectivity index (χ0v) is 13.7. The number of carbonyl (C=O) groups excluding carboxylic acids is 1. The van der Waals surface area contributed by atoms with Crippen molar-refractivity contribution < 1.29 is 26.4 Å². The molecule has 0 radical (unpaired) electrons. The van der Waals surface area contributed by atoms with Crippen LogP contribution in [0.3, 0.4) is 0 Å². The van der Waals surface area contributed by atoms with Crippen LogP contribution in [-0.2, 0) is 21.0 Å². The van der Waals surface area contributed by atoms with E-state index in [9.17, 15) is 26.4 Å². The normalized spacial score (nSPS) is 12.0. The van der Waals surface area contributed by atoms with Crippen molar-refractivity contribution in [2.75, 3.05) is 10.8 Å². The standard InChI is InChI=1S/C16H15F3N2O3S/c17-16(18,19)13-8-4-5-9-14(13)25(23,24)21(11-10-15(20)22)12-6-2-1-3-7-12/h1-9H,10-11H2,(H2,20,22). The van der Waals surface area contributed by atoms with Gasteiger partial charge in [-0.3, -0.25) is 9.10 Å². The number of hydrogen-bond acceptors (Lipinski definition) is 3. The molecule has 25 heavy (non-hydrogen) atoms. The Morgan fingerprint density at radius 1 is 1.00 bits per heavy atom. The van der Waals surface area contributed by atoms with E-state index in [0.29, 0.717) is 6.07 Å². The van der Waals surface area contributed by atoms with Gasteiger partial charge in [0, 0.05) is 13.0 Å². The van der Waals surface area contributed by atoms with Gasteiger partial charge in [-0.15, -0.1) is 0 Å². The fourth-order valence-corrected chi connectivity index (χ4v) is 3.92. The number of nitrogens with two attached hydrogens (primary N) is 1. The fourth-order valence-electron chi connectivity index (χ4n) is 2.24. The summed E-state index contributed by atoms with van der Waals surface area (Å²) >= 11 is 0. The van der Waals surface area contributed by atoms with Gasteiger partial charge in [0.2, 0.25) is 5.91 Å². The predicted molar refractivity (Wildman–Crippen MR) is 86.2 cm³/mol. The van der Waals surface area contributed by atoms with Crippen LogP contribution in [0.1, 0.15) is 12.0 Å². The Bertz CT molecular complexity index is 852. The third kappa shape index (κ3) is 4.30. The number of para-hydroxylation sites is 1. The molecule has 0 unspecified atom stereocenters. The number of benzene rings is 2. The molecule has 2 rings (SSSR count). The number of halogens is 3. The Balaban J connectivity index is 2.58. The Labute approximate surface area is 142 Å². The Morgan fingerprint density at radius 3 is 2.12 bits per heavy atom. The zero-order chi connectivity index (χ0) is 18.7. The highest BCUT2D eigenvalue weighted by atomic mass is 32.2. The number of anilines is 1. The van der Waals surface area contributed by atoms with Crippen LogP contribution in [0.2, 0.25) is 0 Å². The second-order valence-electron chi connectivity index (χ2n) is 5.12. The molecule has 1 amide bonds. The van der Waals surface area contributed by atoms with Crippen molar-refractivity contribution in [3.63, 3.8) is 0 Å². The summed E-state index contributed by atoms with van der Waals surface area (Å²) in [5, 5.41) is 0. The van der Waals surface area contributed by atoms with Crippen molar-refractivity contribution in [1.82, 2.24) is 0 Å². The molecule has 0 aromatic heterocycles. The van der Waals surface area contributed by atoms with Gasteiger partial charge < -0.3 is 5.73 Å². The average Bonchev–Trinajstić information content (AvgIpc) is 2.55. The molecule has 2 aromatic carbocycles. The number of nitrogens with zero attached hydrogens (tertiary/aromatic N) is 1. The SMILES string of the molecule is NC(=O)CCN(c1ccccc1)S(=O)(=O)c1ccccc1C(F)(F)F. The van der Waals surface area contributed by atoms with Crippen molar-refractivity contribution in [3.8, 4) is 0 Å². The van der Waals surface area contributed by atoms with E-state index in [1.165, 1.54) is 30.3 Å². The Morgan fingerprint density at radius 2 is 1.56 bits per heavy atom. The zero-order valence-electron chi connectivity index (χ0n) is 12.9. The number of amides is 1. The van der Waals surface area contributed by atoms with Crippen LogP contribution in [0.25, 0.3) is 0 Å². The van der Waals surface area contributed by atoms with Crippen LogP contribution in [0, 0.1) is 0 Å². The highest BCUT2D eigenvalue weighted by molar-refractivity contribution is 7.92. The fraction of sp³-hybridized carbons (Fsp3) is 0.188. The molecule has 0 saturated heterocycles. The van der Waals surface area contributed by atoms with E-state index < -0.39 is 32.6 Å². The summed E-state index contributed by atoms with van der Waals surface area (Å²) in [5.41, 5.74) is 3.93. The van der Waals surface area contributed by atoms with E-state index in [1.807, 2.05) is 0 Å². The lowest BCUT2D eigenvalue weighted by Crippen LogP contribution is -2.35. The number of alkyl halides is 3. The average molecular weight is 372 g/mol. The van der Waals surface area contributed by atoms with Crippen LogP contribution in [-0.4, -0.2) is 20.9 Å². The maximum Gasteiger partial charge on any atom is 0.417 e. The van der Waals surface area contributed by atoms with Gasteiger partial charge in [0.05, 0.1) is 16.1 Å². The topological polar surface area (TPSA) is 80.5 Å². The first-order chi connectivity index (χ1) is 11.6. The number of hydrogen-bond donors (Lipinski definition) is 1. The smallest absolute Gasteiger partial charge is 0.370 e. The van der Waals surface area contributed by atoms with E-state index in [2.05, 4.69) is 0 Å². The lowest BCUT2D eigenvalue weighted by molar-refractivity contribution is -0.139. The van der Waals surface area contributed by atoms with Gasteiger partial charge in [-0.25, -0.2) is 8.42 Å². The molecular formula is C16H15F3N2O3S. The first kappa shape index (κ1) is 18.8. The van der Waals surface area contributed by atoms with E-state index in [0.717, 1.165) is 16.4 Å². The molecule has 0 aliphatic heterocycles. The van der Waals surface area contributed by atoms with Crippen molar-refractivity contribution >= 4 is 21.6 Å². The predicted octanol–water partition coefficient (Wildman–Crippen LogP) is 2.78. The van der Waals surface area contributed by atoms with Crippen molar-refractivity contribution in [2.45, 2.75) is 17.5 Å². The summed E-state index contributed by atoms with van der Waals surface area (Å²) in [7, 11) is -4.56. The lowest BCUT2D eigenvalue weighted by atomic mass is 10.2. The Kier molecular flexibility index (Phi) is 5.36. The minimum atomic E-state index is -4.84. The molecule has 2 aromatic rings. The maximum atomic E-state index is 13.2. The van der Waals surface area contributed by atoms with Gasteiger partial charge >= 0.3 is 6.18 Å². The summed E-state index contributed by atoms with van der Waals surface area (Å²) in [6.07, 6.45) is -5.17. The van der Waals surface area contributed by atoms with E-state index >= 15 is 0 Å². The highest BCUT2D eigenvalue weighted by Crippen LogP contribution is 2.36. The summed E-state index contributed by atoms with van der Waals surface area (Å²) in [6, 6.07) is 11.5. The molecule has 0 aliphatic rings. The number of carbonyl (C=O) groups is 1. The highest BCUT2D eigenvalue weighted by Gasteiger charge is 2.39. The molecule has 0 aliphatic carbocycles. The lowest BCUT2D eigenvalue weighted by Gasteiger charge is -2.25. The first-order valence-corrected chi connectivity index (χ1v) is 8.60. The second kappa shape index (κ2) is 7.14. The molecule has 0 spiro atoms. The van der Waals surface area contributed by atoms with Crippen LogP contribution in [0.15, 0.2) is 59.5 Å². The molecule has 134 valence electrons. The molecule has 0 fully saturated rings. The summed E-state index contributed by atoms with van der Waals surface area (Å²) in [6.45, 7) is -0.367. The number of sulfonamides is 1.